The first-order valence-corrected chi connectivity index (χ1v) is 9.51. The zero-order valence-corrected chi connectivity index (χ0v) is 16.1. The largest absolute Gasteiger partial charge is 0.337 e. The predicted molar refractivity (Wildman–Crippen MR) is 115 cm³/mol. The minimum atomic E-state index is -0.289. The number of amides is 1. The molecular formula is C23H21N5O. The second-order valence-corrected chi connectivity index (χ2v) is 6.58. The number of hydrogen-bond acceptors (Lipinski definition) is 5. The fourth-order valence-electron chi connectivity index (χ4n) is 3.15. The Hall–Kier alpha value is -3.80. The van der Waals surface area contributed by atoms with Crippen LogP contribution in [0, 0.1) is 0 Å². The second kappa shape index (κ2) is 8.48. The molecule has 1 N–H and O–H groups in total. The van der Waals surface area contributed by atoms with Crippen LogP contribution in [0.3, 0.4) is 0 Å². The number of pyridine rings is 1. The van der Waals surface area contributed by atoms with E-state index in [-0.39, 0.29) is 5.91 Å². The Morgan fingerprint density at radius 1 is 0.931 bits per heavy atom. The Morgan fingerprint density at radius 3 is 2.59 bits per heavy atom. The summed E-state index contributed by atoms with van der Waals surface area (Å²) in [5, 5.41) is 3.89. The van der Waals surface area contributed by atoms with Crippen LogP contribution in [0.2, 0.25) is 0 Å². The normalized spacial score (nSPS) is 10.7. The van der Waals surface area contributed by atoms with Crippen molar-refractivity contribution in [1.82, 2.24) is 15.0 Å². The highest BCUT2D eigenvalue weighted by atomic mass is 16.1. The third kappa shape index (κ3) is 4.21. The van der Waals surface area contributed by atoms with Gasteiger partial charge < -0.3 is 10.2 Å². The number of para-hydroxylation sites is 1. The number of carbonyl (C=O) groups is 1. The summed E-state index contributed by atoms with van der Waals surface area (Å²) in [6.45, 7) is 3.45. The maximum atomic E-state index is 12.8. The quantitative estimate of drug-likeness (QED) is 0.537. The Bertz CT molecular complexity index is 1120. The molecule has 29 heavy (non-hydrogen) atoms. The highest BCUT2D eigenvalue weighted by Crippen LogP contribution is 2.21. The SMILES string of the molecule is CCN(Cc1ccccc1)c1nccc(C(=O)Nc2cccc3cccnc23)n1. The number of hydrogen-bond donors (Lipinski definition) is 1. The summed E-state index contributed by atoms with van der Waals surface area (Å²) in [6, 6.07) is 21.3. The number of carbonyl (C=O) groups excluding carboxylic acids is 1. The lowest BCUT2D eigenvalue weighted by molar-refractivity contribution is 0.102. The molecule has 1 amide bonds. The summed E-state index contributed by atoms with van der Waals surface area (Å²) in [6.07, 6.45) is 3.33. The van der Waals surface area contributed by atoms with Gasteiger partial charge in [-0.05, 0) is 30.7 Å². The van der Waals surface area contributed by atoms with Gasteiger partial charge in [-0.3, -0.25) is 9.78 Å². The first-order valence-electron chi connectivity index (χ1n) is 9.51. The zero-order valence-electron chi connectivity index (χ0n) is 16.1. The van der Waals surface area contributed by atoms with Crippen LogP contribution in [-0.4, -0.2) is 27.4 Å². The zero-order chi connectivity index (χ0) is 20.1. The average Bonchev–Trinajstić information content (AvgIpc) is 2.78. The molecule has 2 aromatic carbocycles. The topological polar surface area (TPSA) is 71.0 Å². The van der Waals surface area contributed by atoms with Gasteiger partial charge in [-0.15, -0.1) is 0 Å². The van der Waals surface area contributed by atoms with Crippen LogP contribution < -0.4 is 10.2 Å². The van der Waals surface area contributed by atoms with Crippen LogP contribution in [0.25, 0.3) is 10.9 Å². The monoisotopic (exact) mass is 383 g/mol. The third-order valence-electron chi connectivity index (χ3n) is 4.64. The maximum Gasteiger partial charge on any atom is 0.274 e. The van der Waals surface area contributed by atoms with Crippen LogP contribution in [0.1, 0.15) is 23.0 Å². The standard InChI is InChI=1S/C23H21N5O/c1-2-28(16-17-8-4-3-5-9-17)23-25-15-13-20(27-23)22(29)26-19-12-6-10-18-11-7-14-24-21(18)19/h3-15H,2,16H2,1H3,(H,26,29). The summed E-state index contributed by atoms with van der Waals surface area (Å²) in [5.41, 5.74) is 2.88. The molecule has 0 fully saturated rings. The van der Waals surface area contributed by atoms with E-state index >= 15 is 0 Å². The molecule has 4 rings (SSSR count). The van der Waals surface area contributed by atoms with E-state index in [4.69, 9.17) is 0 Å². The lowest BCUT2D eigenvalue weighted by atomic mass is 10.2. The Morgan fingerprint density at radius 2 is 1.76 bits per heavy atom. The van der Waals surface area contributed by atoms with Crippen LogP contribution in [0.4, 0.5) is 11.6 Å². The molecule has 2 aromatic heterocycles. The number of aromatic nitrogens is 3. The Kier molecular flexibility index (Phi) is 5.42. The number of nitrogens with one attached hydrogen (secondary N) is 1. The highest BCUT2D eigenvalue weighted by molar-refractivity contribution is 6.07. The average molecular weight is 383 g/mol. The van der Waals surface area contributed by atoms with Gasteiger partial charge in [-0.1, -0.05) is 48.5 Å². The van der Waals surface area contributed by atoms with Crippen molar-refractivity contribution in [3.8, 4) is 0 Å². The van der Waals surface area contributed by atoms with E-state index in [9.17, 15) is 4.79 Å². The van der Waals surface area contributed by atoms with Crippen molar-refractivity contribution >= 4 is 28.4 Å². The van der Waals surface area contributed by atoms with E-state index in [1.54, 1.807) is 18.5 Å². The van der Waals surface area contributed by atoms with E-state index in [1.807, 2.05) is 60.4 Å². The summed E-state index contributed by atoms with van der Waals surface area (Å²) >= 11 is 0. The number of benzene rings is 2. The molecule has 0 unspecified atom stereocenters. The first kappa shape index (κ1) is 18.6. The van der Waals surface area contributed by atoms with Gasteiger partial charge in [0.1, 0.15) is 5.69 Å². The van der Waals surface area contributed by atoms with Crippen molar-refractivity contribution in [3.05, 3.63) is 90.4 Å². The lowest BCUT2D eigenvalue weighted by Gasteiger charge is -2.21. The molecule has 2 heterocycles. The molecule has 0 radical (unpaired) electrons. The molecule has 0 aliphatic carbocycles. The predicted octanol–water partition coefficient (Wildman–Crippen LogP) is 4.30. The Labute approximate surface area is 169 Å². The van der Waals surface area contributed by atoms with Crippen molar-refractivity contribution < 1.29 is 4.79 Å². The molecule has 0 atom stereocenters. The van der Waals surface area contributed by atoms with Gasteiger partial charge in [0, 0.05) is 30.9 Å². The van der Waals surface area contributed by atoms with Crippen molar-refractivity contribution in [1.29, 1.82) is 0 Å². The summed E-state index contributed by atoms with van der Waals surface area (Å²) < 4.78 is 0. The summed E-state index contributed by atoms with van der Waals surface area (Å²) in [5.74, 6) is 0.239. The Balaban J connectivity index is 1.56. The fraction of sp³-hybridized carbons (Fsp3) is 0.130. The molecular weight excluding hydrogens is 362 g/mol. The van der Waals surface area contributed by atoms with E-state index in [1.165, 1.54) is 0 Å². The van der Waals surface area contributed by atoms with Crippen LogP contribution in [0.5, 0.6) is 0 Å². The van der Waals surface area contributed by atoms with E-state index in [2.05, 4.69) is 32.4 Å². The molecule has 0 aliphatic heterocycles. The van der Waals surface area contributed by atoms with E-state index in [0.717, 1.165) is 23.0 Å². The molecule has 6 heteroatoms. The minimum absolute atomic E-state index is 0.289. The van der Waals surface area contributed by atoms with Gasteiger partial charge in [-0.2, -0.15) is 0 Å². The second-order valence-electron chi connectivity index (χ2n) is 6.58. The van der Waals surface area contributed by atoms with Crippen molar-refractivity contribution in [3.63, 3.8) is 0 Å². The van der Waals surface area contributed by atoms with Crippen LogP contribution >= 0.6 is 0 Å². The van der Waals surface area contributed by atoms with Crippen LogP contribution in [-0.2, 0) is 6.54 Å². The van der Waals surface area contributed by atoms with Gasteiger partial charge in [0.25, 0.3) is 5.91 Å². The number of anilines is 2. The lowest BCUT2D eigenvalue weighted by Crippen LogP contribution is -2.25. The molecule has 0 aliphatic rings. The smallest absolute Gasteiger partial charge is 0.274 e. The molecule has 6 nitrogen and oxygen atoms in total. The molecule has 4 aromatic rings. The fourth-order valence-corrected chi connectivity index (χ4v) is 3.15. The van der Waals surface area contributed by atoms with Gasteiger partial charge in [0.2, 0.25) is 5.95 Å². The van der Waals surface area contributed by atoms with Gasteiger partial charge >= 0.3 is 0 Å². The molecule has 0 bridgehead atoms. The van der Waals surface area contributed by atoms with E-state index < -0.39 is 0 Å². The van der Waals surface area contributed by atoms with Gasteiger partial charge in [0.05, 0.1) is 11.2 Å². The third-order valence-corrected chi connectivity index (χ3v) is 4.64. The number of fused-ring (bicyclic) bond motifs is 1. The van der Waals surface area contributed by atoms with Crippen molar-refractivity contribution in [2.45, 2.75) is 13.5 Å². The summed E-state index contributed by atoms with van der Waals surface area (Å²) in [4.78, 5) is 28.1. The van der Waals surface area contributed by atoms with Crippen LogP contribution in [0.15, 0.2) is 79.1 Å². The summed E-state index contributed by atoms with van der Waals surface area (Å²) in [7, 11) is 0. The molecule has 0 saturated carbocycles. The molecule has 0 saturated heterocycles. The number of rotatable bonds is 6. The van der Waals surface area contributed by atoms with Crippen molar-refractivity contribution in [2.75, 3.05) is 16.8 Å². The highest BCUT2D eigenvalue weighted by Gasteiger charge is 2.14. The first-order chi connectivity index (χ1) is 14.2. The maximum absolute atomic E-state index is 12.8. The molecule has 144 valence electrons. The van der Waals surface area contributed by atoms with E-state index in [0.29, 0.717) is 23.9 Å². The van der Waals surface area contributed by atoms with Crippen molar-refractivity contribution in [2.24, 2.45) is 0 Å². The molecule has 0 spiro atoms. The van der Waals surface area contributed by atoms with Gasteiger partial charge in [-0.25, -0.2) is 9.97 Å². The number of nitrogens with zero attached hydrogens (tertiary/aromatic N) is 4. The minimum Gasteiger partial charge on any atom is -0.337 e. The van der Waals surface area contributed by atoms with Gasteiger partial charge in [0.15, 0.2) is 0 Å².